The molecule has 1 amide bonds. The summed E-state index contributed by atoms with van der Waals surface area (Å²) in [6.07, 6.45) is 6.68. The summed E-state index contributed by atoms with van der Waals surface area (Å²) in [4.78, 5) is 15.1. The average molecular weight is 327 g/mol. The molecule has 5 nitrogen and oxygen atoms in total. The van der Waals surface area contributed by atoms with Crippen molar-refractivity contribution >= 4 is 5.91 Å². The normalized spacial score (nSPS) is 17.8. The number of ether oxygens (including phenoxy) is 1. The number of aromatic nitrogens is 2. The van der Waals surface area contributed by atoms with Gasteiger partial charge < -0.3 is 9.64 Å². The first-order valence-corrected chi connectivity index (χ1v) is 8.71. The number of H-pyrrole nitrogens is 1. The van der Waals surface area contributed by atoms with Crippen LogP contribution in [-0.2, 0) is 6.42 Å². The van der Waals surface area contributed by atoms with Crippen LogP contribution in [0.1, 0.15) is 60.3 Å². The lowest BCUT2D eigenvalue weighted by Gasteiger charge is -2.36. The highest BCUT2D eigenvalue weighted by Crippen LogP contribution is 2.33. The van der Waals surface area contributed by atoms with Crippen molar-refractivity contribution in [1.29, 1.82) is 0 Å². The van der Waals surface area contributed by atoms with E-state index in [1.54, 1.807) is 13.3 Å². The number of aromatic amines is 1. The zero-order valence-electron chi connectivity index (χ0n) is 14.4. The summed E-state index contributed by atoms with van der Waals surface area (Å²) < 4.78 is 5.35. The number of benzene rings is 1. The Kier molecular flexibility index (Phi) is 5.18. The Morgan fingerprint density at radius 3 is 3.08 bits per heavy atom. The SMILES string of the molecule is CCCc1[nH]ncc1C(=O)N1CCCCC1c1cccc(OC)c1. The molecule has 128 valence electrons. The number of nitrogens with zero attached hydrogens (tertiary/aromatic N) is 2. The first-order valence-electron chi connectivity index (χ1n) is 8.71. The number of likely N-dealkylation sites (tertiary alicyclic amines) is 1. The van der Waals surface area contributed by atoms with Gasteiger partial charge in [0.25, 0.3) is 5.91 Å². The fourth-order valence-corrected chi connectivity index (χ4v) is 3.46. The zero-order valence-corrected chi connectivity index (χ0v) is 14.4. The average Bonchev–Trinajstić information content (AvgIpc) is 3.10. The molecule has 24 heavy (non-hydrogen) atoms. The van der Waals surface area contributed by atoms with Gasteiger partial charge in [0.05, 0.1) is 24.9 Å². The fraction of sp³-hybridized carbons (Fsp3) is 0.474. The van der Waals surface area contributed by atoms with Crippen molar-refractivity contribution in [3.8, 4) is 5.75 Å². The lowest BCUT2D eigenvalue weighted by Crippen LogP contribution is -2.38. The lowest BCUT2D eigenvalue weighted by atomic mass is 9.94. The maximum Gasteiger partial charge on any atom is 0.257 e. The van der Waals surface area contributed by atoms with Crippen molar-refractivity contribution in [3.63, 3.8) is 0 Å². The van der Waals surface area contributed by atoms with E-state index in [1.165, 1.54) is 0 Å². The summed E-state index contributed by atoms with van der Waals surface area (Å²) in [7, 11) is 1.67. The highest BCUT2D eigenvalue weighted by molar-refractivity contribution is 5.95. The molecule has 0 bridgehead atoms. The van der Waals surface area contributed by atoms with Crippen LogP contribution >= 0.6 is 0 Å². The summed E-state index contributed by atoms with van der Waals surface area (Å²) in [5.41, 5.74) is 2.80. The number of hydrogen-bond acceptors (Lipinski definition) is 3. The molecule has 0 radical (unpaired) electrons. The molecular formula is C19H25N3O2. The van der Waals surface area contributed by atoms with E-state index in [1.807, 2.05) is 23.1 Å². The molecule has 2 heterocycles. The van der Waals surface area contributed by atoms with Crippen molar-refractivity contribution < 1.29 is 9.53 Å². The Morgan fingerprint density at radius 1 is 1.42 bits per heavy atom. The number of hydrogen-bond donors (Lipinski definition) is 1. The number of carbonyl (C=O) groups is 1. The van der Waals surface area contributed by atoms with Crippen molar-refractivity contribution in [2.24, 2.45) is 0 Å². The van der Waals surface area contributed by atoms with Gasteiger partial charge in [0, 0.05) is 12.2 Å². The van der Waals surface area contributed by atoms with Crippen LogP contribution in [0.25, 0.3) is 0 Å². The number of amides is 1. The number of rotatable bonds is 5. The van der Waals surface area contributed by atoms with E-state index in [0.717, 1.165) is 55.7 Å². The summed E-state index contributed by atoms with van der Waals surface area (Å²) in [5.74, 6) is 0.917. The maximum absolute atomic E-state index is 13.1. The molecule has 1 aliphatic rings. The van der Waals surface area contributed by atoms with E-state index in [-0.39, 0.29) is 11.9 Å². The standard InChI is InChI=1S/C19H25N3O2/c1-3-7-17-16(13-20-21-17)19(23)22-11-5-4-10-18(22)14-8-6-9-15(12-14)24-2/h6,8-9,12-13,18H,3-5,7,10-11H2,1-2H3,(H,20,21). The molecular weight excluding hydrogens is 302 g/mol. The van der Waals surface area contributed by atoms with Crippen LogP contribution in [0.3, 0.4) is 0 Å². The molecule has 1 unspecified atom stereocenters. The van der Waals surface area contributed by atoms with E-state index in [0.29, 0.717) is 5.56 Å². The van der Waals surface area contributed by atoms with Gasteiger partial charge in [-0.1, -0.05) is 25.5 Å². The van der Waals surface area contributed by atoms with Crippen molar-refractivity contribution in [3.05, 3.63) is 47.3 Å². The summed E-state index contributed by atoms with van der Waals surface area (Å²) in [5, 5.41) is 7.07. The molecule has 1 saturated heterocycles. The van der Waals surface area contributed by atoms with E-state index < -0.39 is 0 Å². The molecule has 1 aromatic heterocycles. The van der Waals surface area contributed by atoms with Crippen LogP contribution in [0.4, 0.5) is 0 Å². The van der Waals surface area contributed by atoms with Crippen molar-refractivity contribution in [2.75, 3.05) is 13.7 Å². The number of carbonyl (C=O) groups excluding carboxylic acids is 1. The van der Waals surface area contributed by atoms with E-state index >= 15 is 0 Å². The molecule has 1 atom stereocenters. The Hall–Kier alpha value is -2.30. The van der Waals surface area contributed by atoms with Crippen molar-refractivity contribution in [2.45, 2.75) is 45.1 Å². The van der Waals surface area contributed by atoms with Gasteiger partial charge in [0.1, 0.15) is 5.75 Å². The summed E-state index contributed by atoms with van der Waals surface area (Å²) in [6.45, 7) is 2.90. The second-order valence-corrected chi connectivity index (χ2v) is 6.30. The molecule has 3 rings (SSSR count). The van der Waals surface area contributed by atoms with Crippen LogP contribution < -0.4 is 4.74 Å². The van der Waals surface area contributed by atoms with Crippen molar-refractivity contribution in [1.82, 2.24) is 15.1 Å². The minimum absolute atomic E-state index is 0.0831. The Bertz CT molecular complexity index is 695. The van der Waals surface area contributed by atoms with Gasteiger partial charge in [0.15, 0.2) is 0 Å². The predicted octanol–water partition coefficient (Wildman–Crippen LogP) is 3.74. The minimum atomic E-state index is 0.0831. The zero-order chi connectivity index (χ0) is 16.9. The first kappa shape index (κ1) is 16.6. The maximum atomic E-state index is 13.1. The summed E-state index contributed by atoms with van der Waals surface area (Å²) in [6, 6.07) is 8.16. The topological polar surface area (TPSA) is 58.2 Å². The number of piperidine rings is 1. The van der Waals surface area contributed by atoms with E-state index in [2.05, 4.69) is 23.2 Å². The van der Waals surface area contributed by atoms with Gasteiger partial charge in [0.2, 0.25) is 0 Å². The second kappa shape index (κ2) is 7.51. The number of aryl methyl sites for hydroxylation is 1. The smallest absolute Gasteiger partial charge is 0.257 e. The third-order valence-electron chi connectivity index (χ3n) is 4.69. The first-order chi connectivity index (χ1) is 11.7. The lowest BCUT2D eigenvalue weighted by molar-refractivity contribution is 0.0610. The van der Waals surface area contributed by atoms with Gasteiger partial charge >= 0.3 is 0 Å². The molecule has 5 heteroatoms. The minimum Gasteiger partial charge on any atom is -0.497 e. The van der Waals surface area contributed by atoms with Crippen LogP contribution in [0.2, 0.25) is 0 Å². The number of methoxy groups -OCH3 is 1. The van der Waals surface area contributed by atoms with Crippen LogP contribution in [0.15, 0.2) is 30.5 Å². The molecule has 1 aromatic carbocycles. The van der Waals surface area contributed by atoms with Crippen LogP contribution in [-0.4, -0.2) is 34.7 Å². The van der Waals surface area contributed by atoms with E-state index in [9.17, 15) is 4.79 Å². The van der Waals surface area contributed by atoms with Crippen LogP contribution in [0, 0.1) is 0 Å². The molecule has 1 aliphatic heterocycles. The molecule has 0 aliphatic carbocycles. The van der Waals surface area contributed by atoms with Gasteiger partial charge in [-0.2, -0.15) is 5.10 Å². The fourth-order valence-electron chi connectivity index (χ4n) is 3.46. The van der Waals surface area contributed by atoms with Crippen LogP contribution in [0.5, 0.6) is 5.75 Å². The molecule has 2 aromatic rings. The second-order valence-electron chi connectivity index (χ2n) is 6.30. The Labute approximate surface area is 143 Å². The largest absolute Gasteiger partial charge is 0.497 e. The van der Waals surface area contributed by atoms with Gasteiger partial charge in [-0.3, -0.25) is 9.89 Å². The van der Waals surface area contributed by atoms with Gasteiger partial charge in [-0.05, 0) is 43.4 Å². The molecule has 0 saturated carbocycles. The van der Waals surface area contributed by atoms with E-state index in [4.69, 9.17) is 4.74 Å². The third-order valence-corrected chi connectivity index (χ3v) is 4.69. The highest BCUT2D eigenvalue weighted by atomic mass is 16.5. The Balaban J connectivity index is 1.88. The van der Waals surface area contributed by atoms with Gasteiger partial charge in [-0.15, -0.1) is 0 Å². The Morgan fingerprint density at radius 2 is 2.29 bits per heavy atom. The number of nitrogens with one attached hydrogen (secondary N) is 1. The quantitative estimate of drug-likeness (QED) is 0.910. The third kappa shape index (κ3) is 3.30. The monoisotopic (exact) mass is 327 g/mol. The predicted molar refractivity (Wildman–Crippen MR) is 93.2 cm³/mol. The highest BCUT2D eigenvalue weighted by Gasteiger charge is 2.30. The molecule has 0 spiro atoms. The van der Waals surface area contributed by atoms with Gasteiger partial charge in [-0.25, -0.2) is 0 Å². The molecule has 1 N–H and O–H groups in total. The summed E-state index contributed by atoms with van der Waals surface area (Å²) >= 11 is 0. The molecule has 1 fully saturated rings.